The van der Waals surface area contributed by atoms with Crippen molar-refractivity contribution in [3.05, 3.63) is 89.4 Å². The van der Waals surface area contributed by atoms with E-state index in [4.69, 9.17) is 14.9 Å². The second-order valence-electron chi connectivity index (χ2n) is 11.5. The van der Waals surface area contributed by atoms with E-state index in [0.29, 0.717) is 30.3 Å². The van der Waals surface area contributed by atoms with E-state index in [9.17, 15) is 14.4 Å². The fraction of sp³-hybridized carbons (Fsp3) is 0.421. The molecule has 0 bridgehead atoms. The molecule has 0 fully saturated rings. The van der Waals surface area contributed by atoms with Crippen LogP contribution in [0.5, 0.6) is 0 Å². The van der Waals surface area contributed by atoms with Gasteiger partial charge in [-0.05, 0) is 68.1 Å². The molecule has 4 rings (SSSR count). The molecule has 0 atom stereocenters. The smallest absolute Gasteiger partial charge is 0.311 e. The minimum atomic E-state index is -0.345. The van der Waals surface area contributed by atoms with Crippen LogP contribution in [0.2, 0.25) is 0 Å². The summed E-state index contributed by atoms with van der Waals surface area (Å²) in [5, 5.41) is 7.98. The molecule has 2 heterocycles. The van der Waals surface area contributed by atoms with Crippen LogP contribution in [0.3, 0.4) is 0 Å². The zero-order valence-corrected chi connectivity index (χ0v) is 29.0. The van der Waals surface area contributed by atoms with Gasteiger partial charge < -0.3 is 19.5 Å². The third-order valence-electron chi connectivity index (χ3n) is 7.79. The van der Waals surface area contributed by atoms with E-state index in [0.717, 1.165) is 48.1 Å². The maximum Gasteiger partial charge on any atom is 0.311 e. The van der Waals surface area contributed by atoms with E-state index in [1.807, 2.05) is 48.9 Å². The number of aromatic nitrogens is 3. The van der Waals surface area contributed by atoms with Gasteiger partial charge in [0.15, 0.2) is 0 Å². The van der Waals surface area contributed by atoms with Gasteiger partial charge in [-0.3, -0.25) is 19.3 Å². The number of ether oxygens (including phenoxy) is 2. The Kier molecular flexibility index (Phi) is 15.4. The lowest BCUT2D eigenvalue weighted by Crippen LogP contribution is -2.34. The minimum Gasteiger partial charge on any atom is -0.466 e. The molecule has 10 nitrogen and oxygen atoms in total. The fourth-order valence-corrected chi connectivity index (χ4v) is 5.05. The lowest BCUT2D eigenvalue weighted by molar-refractivity contribution is -0.143. The number of imidazole rings is 1. The van der Waals surface area contributed by atoms with Gasteiger partial charge >= 0.3 is 11.9 Å². The van der Waals surface area contributed by atoms with Crippen LogP contribution in [-0.4, -0.2) is 57.9 Å². The molecule has 4 aromatic rings. The molecule has 0 saturated heterocycles. The zero-order chi connectivity index (χ0) is 34.9. The first-order valence-corrected chi connectivity index (χ1v) is 16.8. The molecule has 0 aliphatic heterocycles. The topological polar surface area (TPSA) is 127 Å². The maximum atomic E-state index is 13.2. The molecule has 256 valence electrons. The summed E-state index contributed by atoms with van der Waals surface area (Å²) in [7, 11) is 1.94. The van der Waals surface area contributed by atoms with E-state index in [2.05, 4.69) is 23.8 Å². The molecule has 48 heavy (non-hydrogen) atoms. The second-order valence-corrected chi connectivity index (χ2v) is 11.5. The summed E-state index contributed by atoms with van der Waals surface area (Å²) < 4.78 is 12.1. The lowest BCUT2D eigenvalue weighted by atomic mass is 10.0. The van der Waals surface area contributed by atoms with Gasteiger partial charge in [-0.2, -0.15) is 0 Å². The van der Waals surface area contributed by atoms with Gasteiger partial charge in [0.25, 0.3) is 5.91 Å². The molecule has 0 saturated carbocycles. The number of carbonyl (C=O) groups excluding carboxylic acids is 3. The summed E-state index contributed by atoms with van der Waals surface area (Å²) in [6.45, 7) is 8.94. The van der Waals surface area contributed by atoms with Crippen LogP contribution >= 0.6 is 0 Å². The Balaban J connectivity index is 0.000000270. The second kappa shape index (κ2) is 19.7. The average Bonchev–Trinajstić information content (AvgIpc) is 3.37. The number of pyridine rings is 1. The van der Waals surface area contributed by atoms with Crippen LogP contribution in [0.1, 0.15) is 93.0 Å². The lowest BCUT2D eigenvalue weighted by Gasteiger charge is -2.21. The quantitative estimate of drug-likeness (QED) is 0.0757. The molecule has 1 amide bonds. The van der Waals surface area contributed by atoms with Gasteiger partial charge in [0.2, 0.25) is 0 Å². The molecular formula is C38H49N5O5. The predicted octanol–water partition coefficient (Wildman–Crippen LogP) is 7.40. The number of hydrogen-bond donors (Lipinski definition) is 1. The zero-order valence-electron chi connectivity index (χ0n) is 29.0. The van der Waals surface area contributed by atoms with Crippen molar-refractivity contribution in [3.8, 4) is 0 Å². The number of benzene rings is 2. The van der Waals surface area contributed by atoms with Crippen molar-refractivity contribution in [1.29, 1.82) is 5.41 Å². The van der Waals surface area contributed by atoms with Crippen LogP contribution in [0.15, 0.2) is 66.9 Å². The van der Waals surface area contributed by atoms with Gasteiger partial charge in [-0.1, -0.05) is 69.9 Å². The van der Waals surface area contributed by atoms with Crippen molar-refractivity contribution < 1.29 is 23.9 Å². The monoisotopic (exact) mass is 655 g/mol. The Morgan fingerprint density at radius 2 is 1.62 bits per heavy atom. The van der Waals surface area contributed by atoms with E-state index in [1.165, 1.54) is 23.3 Å². The Bertz CT molecular complexity index is 1630. The van der Waals surface area contributed by atoms with Crippen molar-refractivity contribution in [3.63, 3.8) is 0 Å². The first-order valence-electron chi connectivity index (χ1n) is 16.8. The predicted molar refractivity (Wildman–Crippen MR) is 190 cm³/mol. The molecule has 0 radical (unpaired) electrons. The van der Waals surface area contributed by atoms with Crippen molar-refractivity contribution in [2.24, 2.45) is 7.05 Å². The van der Waals surface area contributed by atoms with Crippen LogP contribution in [0.25, 0.3) is 11.0 Å². The van der Waals surface area contributed by atoms with Crippen LogP contribution in [0.4, 0.5) is 5.82 Å². The highest BCUT2D eigenvalue weighted by Gasteiger charge is 2.21. The summed E-state index contributed by atoms with van der Waals surface area (Å²) >= 11 is 0. The Morgan fingerprint density at radius 1 is 0.875 bits per heavy atom. The fourth-order valence-electron chi connectivity index (χ4n) is 5.05. The normalized spacial score (nSPS) is 10.6. The van der Waals surface area contributed by atoms with Gasteiger partial charge in [0.05, 0.1) is 37.1 Å². The van der Waals surface area contributed by atoms with Crippen LogP contribution in [0, 0.1) is 12.3 Å². The largest absolute Gasteiger partial charge is 0.466 e. The summed E-state index contributed by atoms with van der Waals surface area (Å²) in [6.07, 6.45) is 8.30. The highest BCUT2D eigenvalue weighted by atomic mass is 16.5. The third kappa shape index (κ3) is 11.4. The number of nitrogens with zero attached hydrogens (tertiary/aromatic N) is 4. The number of hydrogen-bond acceptors (Lipinski definition) is 8. The molecule has 1 N–H and O–H groups in total. The Labute approximate surface area is 284 Å². The van der Waals surface area contributed by atoms with Crippen molar-refractivity contribution in [2.75, 3.05) is 24.7 Å². The first-order chi connectivity index (χ1) is 23.2. The number of anilines is 1. The molecule has 0 unspecified atom stereocenters. The van der Waals surface area contributed by atoms with E-state index < -0.39 is 0 Å². The highest BCUT2D eigenvalue weighted by molar-refractivity contribution is 6.08. The summed E-state index contributed by atoms with van der Waals surface area (Å²) in [6, 6.07) is 18.6. The molecule has 0 aliphatic rings. The van der Waals surface area contributed by atoms with Gasteiger partial charge in [0.1, 0.15) is 11.6 Å². The SMILES string of the molecule is CCCCCCOC(=O)CC(=N)c1ccc(CCC)cc1.CCOC(=O)CCN(C(=O)c1ccc2c(c1)nc(C)n2C)c1ccccn1. The summed E-state index contributed by atoms with van der Waals surface area (Å²) in [4.78, 5) is 46.8. The molecule has 10 heteroatoms. The van der Waals surface area contributed by atoms with Crippen molar-refractivity contribution in [2.45, 2.75) is 79.1 Å². The molecule has 0 spiro atoms. The van der Waals surface area contributed by atoms with Crippen LogP contribution < -0.4 is 4.90 Å². The van der Waals surface area contributed by atoms with E-state index >= 15 is 0 Å². The number of rotatable bonds is 16. The number of fused-ring (bicyclic) bond motifs is 1. The van der Waals surface area contributed by atoms with Crippen molar-refractivity contribution in [1.82, 2.24) is 14.5 Å². The van der Waals surface area contributed by atoms with Gasteiger partial charge in [0, 0.05) is 31.1 Å². The number of nitrogens with one attached hydrogen (secondary N) is 1. The Hall–Kier alpha value is -4.86. The van der Waals surface area contributed by atoms with Crippen molar-refractivity contribution >= 4 is 40.4 Å². The third-order valence-corrected chi connectivity index (χ3v) is 7.79. The summed E-state index contributed by atoms with van der Waals surface area (Å²) in [5.41, 5.74) is 4.62. The average molecular weight is 656 g/mol. The van der Waals surface area contributed by atoms with E-state index in [-0.39, 0.29) is 37.2 Å². The standard InChI is InChI=1S/C20H22N4O3.C18H27NO2/c1-4-27-19(25)10-12-24(18-7-5-6-11-21-18)20(26)15-8-9-17-16(13-15)22-14(2)23(17)3;1-3-5-6-7-13-21-18(20)14-17(19)16-11-9-15(8-4-2)10-12-16/h5-9,11,13H,4,10,12H2,1-3H3;9-12,19H,3-8,13-14H2,1-2H3. The number of esters is 2. The maximum absolute atomic E-state index is 13.2. The molecule has 2 aromatic heterocycles. The number of carbonyl (C=O) groups is 3. The molecule has 0 aliphatic carbocycles. The summed E-state index contributed by atoms with van der Waals surface area (Å²) in [5.74, 6) is 0.488. The highest BCUT2D eigenvalue weighted by Crippen LogP contribution is 2.20. The minimum absolute atomic E-state index is 0.0565. The van der Waals surface area contributed by atoms with E-state index in [1.54, 1.807) is 43.5 Å². The molecule has 2 aromatic carbocycles. The number of unbranched alkanes of at least 4 members (excludes halogenated alkanes) is 3. The number of aryl methyl sites for hydroxylation is 3. The Morgan fingerprint density at radius 3 is 2.29 bits per heavy atom. The van der Waals surface area contributed by atoms with Gasteiger partial charge in [-0.15, -0.1) is 0 Å². The molecular weight excluding hydrogens is 606 g/mol. The van der Waals surface area contributed by atoms with Crippen LogP contribution in [-0.2, 0) is 32.5 Å². The first kappa shape index (κ1) is 37.6. The number of amides is 1. The van der Waals surface area contributed by atoms with Gasteiger partial charge in [-0.25, -0.2) is 9.97 Å².